The number of hydrogen-bond donors (Lipinski definition) is 1. The van der Waals surface area contributed by atoms with Crippen LogP contribution in [0.3, 0.4) is 0 Å². The molecule has 17 heavy (non-hydrogen) atoms. The van der Waals surface area contributed by atoms with Gasteiger partial charge in [-0.05, 0) is 47.8 Å². The van der Waals surface area contributed by atoms with Gasteiger partial charge in [0, 0.05) is 6.61 Å². The maximum atomic E-state index is 5.95. The Hall–Kier alpha value is -0.430. The number of nitrogens with zero attached hydrogens (tertiary/aromatic N) is 2. The van der Waals surface area contributed by atoms with E-state index in [-0.39, 0.29) is 6.10 Å². The molecule has 1 saturated heterocycles. The molecule has 1 aliphatic rings. The minimum Gasteiger partial charge on any atom is -0.383 e. The summed E-state index contributed by atoms with van der Waals surface area (Å²) in [6.07, 6.45) is 3.06. The maximum absolute atomic E-state index is 5.95. The molecule has 1 unspecified atom stereocenters. The van der Waals surface area contributed by atoms with Gasteiger partial charge in [-0.1, -0.05) is 13.8 Å². The summed E-state index contributed by atoms with van der Waals surface area (Å²) in [4.78, 5) is 8.99. The highest BCUT2D eigenvalue weighted by molar-refractivity contribution is 14.1. The van der Waals surface area contributed by atoms with Crippen LogP contribution in [-0.2, 0) is 11.2 Å². The number of nitrogen functional groups attached to an aromatic ring is 1. The van der Waals surface area contributed by atoms with Crippen molar-refractivity contribution in [3.8, 4) is 0 Å². The topological polar surface area (TPSA) is 61.0 Å². The molecule has 2 heterocycles. The Morgan fingerprint density at radius 2 is 2.24 bits per heavy atom. The lowest BCUT2D eigenvalue weighted by Gasteiger charge is -2.13. The molecule has 4 nitrogen and oxygen atoms in total. The van der Waals surface area contributed by atoms with Crippen LogP contribution in [-0.4, -0.2) is 16.6 Å². The van der Waals surface area contributed by atoms with E-state index < -0.39 is 0 Å². The van der Waals surface area contributed by atoms with Crippen molar-refractivity contribution >= 4 is 28.4 Å². The van der Waals surface area contributed by atoms with E-state index in [0.29, 0.717) is 11.7 Å². The predicted molar refractivity (Wildman–Crippen MR) is 75.6 cm³/mol. The molecule has 5 heteroatoms. The molecule has 94 valence electrons. The Morgan fingerprint density at radius 1 is 1.47 bits per heavy atom. The lowest BCUT2D eigenvalue weighted by molar-refractivity contribution is 0.105. The molecule has 0 amide bonds. The van der Waals surface area contributed by atoms with Crippen molar-refractivity contribution in [1.82, 2.24) is 9.97 Å². The van der Waals surface area contributed by atoms with Gasteiger partial charge in [-0.15, -0.1) is 0 Å². The van der Waals surface area contributed by atoms with E-state index in [1.165, 1.54) is 0 Å². The molecule has 0 aromatic carbocycles. The van der Waals surface area contributed by atoms with Gasteiger partial charge in [-0.25, -0.2) is 9.97 Å². The Kier molecular flexibility index (Phi) is 4.19. The lowest BCUT2D eigenvalue weighted by atomic mass is 10.1. The SMILES string of the molecule is CC(C)Cc1nc(C2CCCO2)nc(N)c1I. The van der Waals surface area contributed by atoms with Crippen LogP contribution >= 0.6 is 22.6 Å². The Balaban J connectivity index is 2.31. The largest absolute Gasteiger partial charge is 0.383 e. The van der Waals surface area contributed by atoms with Gasteiger partial charge in [-0.3, -0.25) is 0 Å². The Bertz CT molecular complexity index is 403. The molecule has 2 N–H and O–H groups in total. The van der Waals surface area contributed by atoms with E-state index in [1.54, 1.807) is 0 Å². The zero-order chi connectivity index (χ0) is 12.4. The average molecular weight is 347 g/mol. The van der Waals surface area contributed by atoms with E-state index in [9.17, 15) is 0 Å². The second kappa shape index (κ2) is 5.48. The van der Waals surface area contributed by atoms with Gasteiger partial charge in [0.25, 0.3) is 0 Å². The fourth-order valence-electron chi connectivity index (χ4n) is 1.98. The summed E-state index contributed by atoms with van der Waals surface area (Å²) in [5.74, 6) is 1.91. The standard InChI is InChI=1S/C12H18IN3O/c1-7(2)6-8-10(13)11(14)16-12(15-8)9-4-3-5-17-9/h7,9H,3-6H2,1-2H3,(H2,14,15,16). The molecule has 1 fully saturated rings. The van der Waals surface area contributed by atoms with E-state index >= 15 is 0 Å². The third kappa shape index (κ3) is 3.07. The molecule has 1 aromatic heterocycles. The van der Waals surface area contributed by atoms with Crippen LogP contribution in [0.2, 0.25) is 0 Å². The first-order chi connectivity index (χ1) is 8.08. The quantitative estimate of drug-likeness (QED) is 0.854. The normalized spacial score (nSPS) is 20.1. The Morgan fingerprint density at radius 3 is 2.82 bits per heavy atom. The summed E-state index contributed by atoms with van der Waals surface area (Å²) >= 11 is 2.23. The predicted octanol–water partition coefficient (Wildman–Crippen LogP) is 2.71. The monoisotopic (exact) mass is 347 g/mol. The zero-order valence-electron chi connectivity index (χ0n) is 10.2. The second-order valence-corrected chi connectivity index (χ2v) is 5.91. The van der Waals surface area contributed by atoms with Gasteiger partial charge in [-0.2, -0.15) is 0 Å². The van der Waals surface area contributed by atoms with Crippen molar-refractivity contribution in [2.24, 2.45) is 5.92 Å². The first kappa shape index (κ1) is 13.0. The maximum Gasteiger partial charge on any atom is 0.159 e. The van der Waals surface area contributed by atoms with Crippen molar-refractivity contribution in [2.45, 2.75) is 39.2 Å². The number of rotatable bonds is 3. The van der Waals surface area contributed by atoms with Crippen LogP contribution < -0.4 is 5.73 Å². The van der Waals surface area contributed by atoms with Crippen molar-refractivity contribution in [3.63, 3.8) is 0 Å². The summed E-state index contributed by atoms with van der Waals surface area (Å²) in [5, 5.41) is 0. The van der Waals surface area contributed by atoms with Crippen molar-refractivity contribution in [1.29, 1.82) is 0 Å². The zero-order valence-corrected chi connectivity index (χ0v) is 12.4. The molecule has 0 saturated carbocycles. The molecule has 1 aromatic rings. The van der Waals surface area contributed by atoms with Crippen LogP contribution in [0.15, 0.2) is 0 Å². The number of aromatic nitrogens is 2. The first-order valence-corrected chi connectivity index (χ1v) is 7.09. The van der Waals surface area contributed by atoms with Crippen LogP contribution in [0.4, 0.5) is 5.82 Å². The van der Waals surface area contributed by atoms with Gasteiger partial charge < -0.3 is 10.5 Å². The molecule has 0 radical (unpaired) electrons. The fraction of sp³-hybridized carbons (Fsp3) is 0.667. The minimum atomic E-state index is 0.0419. The molecular weight excluding hydrogens is 329 g/mol. The number of ether oxygens (including phenoxy) is 1. The summed E-state index contributed by atoms with van der Waals surface area (Å²) in [6.45, 7) is 5.17. The molecule has 1 atom stereocenters. The van der Waals surface area contributed by atoms with Gasteiger partial charge in [0.2, 0.25) is 0 Å². The van der Waals surface area contributed by atoms with Crippen LogP contribution in [0.5, 0.6) is 0 Å². The summed E-state index contributed by atoms with van der Waals surface area (Å²) in [6, 6.07) is 0. The smallest absolute Gasteiger partial charge is 0.159 e. The van der Waals surface area contributed by atoms with Crippen molar-refractivity contribution in [2.75, 3.05) is 12.3 Å². The highest BCUT2D eigenvalue weighted by atomic mass is 127. The van der Waals surface area contributed by atoms with Gasteiger partial charge >= 0.3 is 0 Å². The van der Waals surface area contributed by atoms with E-state index in [1.807, 2.05) is 0 Å². The Labute approximate surface area is 115 Å². The number of halogens is 1. The van der Waals surface area contributed by atoms with E-state index in [4.69, 9.17) is 10.5 Å². The third-order valence-corrected chi connectivity index (χ3v) is 3.96. The van der Waals surface area contributed by atoms with Crippen molar-refractivity contribution < 1.29 is 4.74 Å². The van der Waals surface area contributed by atoms with Crippen LogP contribution in [0.25, 0.3) is 0 Å². The van der Waals surface area contributed by atoms with Crippen LogP contribution in [0, 0.1) is 9.49 Å². The van der Waals surface area contributed by atoms with Gasteiger partial charge in [0.05, 0.1) is 9.26 Å². The lowest BCUT2D eigenvalue weighted by Crippen LogP contribution is -2.12. The van der Waals surface area contributed by atoms with Gasteiger partial charge in [0.1, 0.15) is 11.9 Å². The first-order valence-electron chi connectivity index (χ1n) is 6.01. The number of nitrogens with two attached hydrogens (primary N) is 1. The van der Waals surface area contributed by atoms with Gasteiger partial charge in [0.15, 0.2) is 5.82 Å². The van der Waals surface area contributed by atoms with E-state index in [0.717, 1.165) is 41.0 Å². The number of hydrogen-bond acceptors (Lipinski definition) is 4. The summed E-state index contributed by atoms with van der Waals surface area (Å²) in [5.41, 5.74) is 7.00. The average Bonchev–Trinajstić information content (AvgIpc) is 2.77. The fourth-order valence-corrected chi connectivity index (χ4v) is 2.44. The number of anilines is 1. The molecule has 0 bridgehead atoms. The van der Waals surface area contributed by atoms with Crippen LogP contribution in [0.1, 0.15) is 44.3 Å². The molecular formula is C12H18IN3O. The second-order valence-electron chi connectivity index (χ2n) is 4.83. The molecule has 0 spiro atoms. The highest BCUT2D eigenvalue weighted by Gasteiger charge is 2.22. The van der Waals surface area contributed by atoms with Crippen molar-refractivity contribution in [3.05, 3.63) is 15.1 Å². The summed E-state index contributed by atoms with van der Waals surface area (Å²) < 4.78 is 6.60. The highest BCUT2D eigenvalue weighted by Crippen LogP contribution is 2.28. The minimum absolute atomic E-state index is 0.0419. The third-order valence-electron chi connectivity index (χ3n) is 2.78. The molecule has 0 aliphatic carbocycles. The molecule has 1 aliphatic heterocycles. The van der Waals surface area contributed by atoms with E-state index in [2.05, 4.69) is 46.4 Å². The molecule has 2 rings (SSSR count). The summed E-state index contributed by atoms with van der Waals surface area (Å²) in [7, 11) is 0.